The molecular formula is C15H20N2S. The van der Waals surface area contributed by atoms with Gasteiger partial charge in [0.05, 0.1) is 6.04 Å². The van der Waals surface area contributed by atoms with Crippen LogP contribution in [-0.2, 0) is 6.42 Å². The van der Waals surface area contributed by atoms with Crippen molar-refractivity contribution in [3.05, 3.63) is 51.5 Å². The summed E-state index contributed by atoms with van der Waals surface area (Å²) in [5, 5.41) is 3.59. The molecule has 2 heterocycles. The zero-order valence-corrected chi connectivity index (χ0v) is 12.1. The molecule has 18 heavy (non-hydrogen) atoms. The van der Waals surface area contributed by atoms with Crippen molar-refractivity contribution in [2.75, 3.05) is 6.54 Å². The van der Waals surface area contributed by atoms with Crippen LogP contribution in [0.25, 0.3) is 0 Å². The number of rotatable bonds is 5. The van der Waals surface area contributed by atoms with Crippen LogP contribution in [0.3, 0.4) is 0 Å². The fraction of sp³-hybridized carbons (Fsp3) is 0.400. The van der Waals surface area contributed by atoms with Crippen molar-refractivity contribution in [1.82, 2.24) is 10.3 Å². The van der Waals surface area contributed by atoms with Gasteiger partial charge in [0.1, 0.15) is 0 Å². The molecule has 1 unspecified atom stereocenters. The predicted molar refractivity (Wildman–Crippen MR) is 78.2 cm³/mol. The molecule has 0 saturated heterocycles. The highest BCUT2D eigenvalue weighted by atomic mass is 32.1. The Hall–Kier alpha value is -1.19. The number of hydrogen-bond donors (Lipinski definition) is 1. The largest absolute Gasteiger partial charge is 0.306 e. The van der Waals surface area contributed by atoms with Crippen LogP contribution in [0.1, 0.15) is 40.8 Å². The van der Waals surface area contributed by atoms with Crippen LogP contribution in [0.15, 0.2) is 30.6 Å². The minimum absolute atomic E-state index is 0.298. The molecule has 0 amide bonds. The molecule has 0 aliphatic heterocycles. The molecule has 0 aliphatic carbocycles. The van der Waals surface area contributed by atoms with Gasteiger partial charge >= 0.3 is 0 Å². The van der Waals surface area contributed by atoms with Gasteiger partial charge in [-0.25, -0.2) is 0 Å². The van der Waals surface area contributed by atoms with E-state index >= 15 is 0 Å². The van der Waals surface area contributed by atoms with Crippen molar-refractivity contribution in [2.24, 2.45) is 0 Å². The molecule has 1 atom stereocenters. The lowest BCUT2D eigenvalue weighted by Crippen LogP contribution is -2.22. The van der Waals surface area contributed by atoms with Gasteiger partial charge < -0.3 is 5.32 Å². The summed E-state index contributed by atoms with van der Waals surface area (Å²) in [5.41, 5.74) is 2.69. The number of aryl methyl sites for hydroxylation is 2. The zero-order valence-electron chi connectivity index (χ0n) is 11.2. The van der Waals surface area contributed by atoms with E-state index < -0.39 is 0 Å². The minimum atomic E-state index is 0.298. The fourth-order valence-electron chi connectivity index (χ4n) is 2.19. The lowest BCUT2D eigenvalue weighted by Gasteiger charge is -2.19. The highest BCUT2D eigenvalue weighted by Gasteiger charge is 2.17. The Morgan fingerprint density at radius 3 is 2.72 bits per heavy atom. The molecule has 0 spiro atoms. The molecule has 2 aromatic heterocycles. The Labute approximate surface area is 113 Å². The number of nitrogens with zero attached hydrogens (tertiary/aromatic N) is 1. The quantitative estimate of drug-likeness (QED) is 0.886. The van der Waals surface area contributed by atoms with Gasteiger partial charge in [-0.1, -0.05) is 13.8 Å². The Bertz CT molecular complexity index is 505. The summed E-state index contributed by atoms with van der Waals surface area (Å²) in [6.07, 6.45) is 4.90. The van der Waals surface area contributed by atoms with Gasteiger partial charge in [0.15, 0.2) is 0 Å². The fourth-order valence-corrected chi connectivity index (χ4v) is 3.16. The van der Waals surface area contributed by atoms with E-state index in [9.17, 15) is 0 Å². The maximum Gasteiger partial charge on any atom is 0.0674 e. The molecule has 1 N–H and O–H groups in total. The normalized spacial score (nSPS) is 12.6. The minimum Gasteiger partial charge on any atom is -0.306 e. The van der Waals surface area contributed by atoms with Crippen molar-refractivity contribution in [2.45, 2.75) is 33.2 Å². The van der Waals surface area contributed by atoms with Crippen molar-refractivity contribution < 1.29 is 0 Å². The van der Waals surface area contributed by atoms with E-state index in [2.05, 4.69) is 49.3 Å². The van der Waals surface area contributed by atoms with Gasteiger partial charge in [-0.05, 0) is 49.2 Å². The lowest BCUT2D eigenvalue weighted by atomic mass is 9.99. The van der Waals surface area contributed by atoms with E-state index in [4.69, 9.17) is 0 Å². The second kappa shape index (κ2) is 6.12. The molecule has 0 radical (unpaired) electrons. The highest BCUT2D eigenvalue weighted by molar-refractivity contribution is 7.12. The predicted octanol–water partition coefficient (Wildman–Crippen LogP) is 3.71. The molecule has 3 heteroatoms. The molecule has 0 saturated carbocycles. The summed E-state index contributed by atoms with van der Waals surface area (Å²) in [4.78, 5) is 6.98. The van der Waals surface area contributed by atoms with Gasteiger partial charge in [-0.2, -0.15) is 0 Å². The zero-order chi connectivity index (χ0) is 13.0. The van der Waals surface area contributed by atoms with Gasteiger partial charge in [0.2, 0.25) is 0 Å². The standard InChI is InChI=1S/C15H20N2S/c1-4-12-10-16-9-8-13(12)15(17-5-2)14-7-6-11(3)18-14/h6-10,15,17H,4-5H2,1-3H3. The summed E-state index contributed by atoms with van der Waals surface area (Å²) in [7, 11) is 0. The van der Waals surface area contributed by atoms with Crippen LogP contribution in [0.4, 0.5) is 0 Å². The van der Waals surface area contributed by atoms with E-state index in [1.165, 1.54) is 20.9 Å². The topological polar surface area (TPSA) is 24.9 Å². The van der Waals surface area contributed by atoms with E-state index in [0.717, 1.165) is 13.0 Å². The molecule has 2 aromatic rings. The first-order chi connectivity index (χ1) is 8.76. The first-order valence-electron chi connectivity index (χ1n) is 6.48. The smallest absolute Gasteiger partial charge is 0.0674 e. The van der Waals surface area contributed by atoms with E-state index in [-0.39, 0.29) is 0 Å². The number of pyridine rings is 1. The third-order valence-corrected chi connectivity index (χ3v) is 4.15. The highest BCUT2D eigenvalue weighted by Crippen LogP contribution is 2.30. The Balaban J connectivity index is 2.41. The summed E-state index contributed by atoms with van der Waals surface area (Å²) < 4.78 is 0. The second-order valence-electron chi connectivity index (χ2n) is 4.37. The summed E-state index contributed by atoms with van der Waals surface area (Å²) in [5.74, 6) is 0. The first-order valence-corrected chi connectivity index (χ1v) is 7.30. The van der Waals surface area contributed by atoms with Crippen LogP contribution in [0.5, 0.6) is 0 Å². The van der Waals surface area contributed by atoms with Crippen LogP contribution >= 0.6 is 11.3 Å². The Kier molecular flexibility index (Phi) is 4.50. The van der Waals surface area contributed by atoms with Crippen LogP contribution < -0.4 is 5.32 Å². The molecule has 2 nitrogen and oxygen atoms in total. The van der Waals surface area contributed by atoms with Crippen LogP contribution in [-0.4, -0.2) is 11.5 Å². The van der Waals surface area contributed by atoms with Crippen molar-refractivity contribution in [1.29, 1.82) is 0 Å². The molecule has 2 rings (SSSR count). The maximum atomic E-state index is 4.23. The average Bonchev–Trinajstić information content (AvgIpc) is 2.82. The third kappa shape index (κ3) is 2.79. The van der Waals surface area contributed by atoms with Crippen molar-refractivity contribution in [3.63, 3.8) is 0 Å². The van der Waals surface area contributed by atoms with Crippen LogP contribution in [0.2, 0.25) is 0 Å². The van der Waals surface area contributed by atoms with Crippen molar-refractivity contribution in [3.8, 4) is 0 Å². The Morgan fingerprint density at radius 1 is 1.28 bits per heavy atom. The van der Waals surface area contributed by atoms with Gasteiger partial charge in [-0.15, -0.1) is 11.3 Å². The lowest BCUT2D eigenvalue weighted by molar-refractivity contribution is 0.633. The summed E-state index contributed by atoms with van der Waals surface area (Å²) >= 11 is 1.87. The monoisotopic (exact) mass is 260 g/mol. The molecule has 96 valence electrons. The van der Waals surface area contributed by atoms with E-state index in [0.29, 0.717) is 6.04 Å². The van der Waals surface area contributed by atoms with Crippen molar-refractivity contribution >= 4 is 11.3 Å². The number of hydrogen-bond acceptors (Lipinski definition) is 3. The van der Waals surface area contributed by atoms with Gasteiger partial charge in [0.25, 0.3) is 0 Å². The molecule has 0 aliphatic rings. The maximum absolute atomic E-state index is 4.23. The third-order valence-electron chi connectivity index (χ3n) is 3.09. The van der Waals surface area contributed by atoms with Crippen LogP contribution in [0, 0.1) is 6.92 Å². The summed E-state index contributed by atoms with van der Waals surface area (Å²) in [6.45, 7) is 7.46. The second-order valence-corrected chi connectivity index (χ2v) is 5.69. The summed E-state index contributed by atoms with van der Waals surface area (Å²) in [6, 6.07) is 6.86. The SMILES string of the molecule is CCNC(c1ccc(C)s1)c1ccncc1CC. The molecular weight excluding hydrogens is 240 g/mol. The first kappa shape index (κ1) is 13.2. The number of nitrogens with one attached hydrogen (secondary N) is 1. The van der Waals surface area contributed by atoms with Gasteiger partial charge in [-0.3, -0.25) is 4.98 Å². The van der Waals surface area contributed by atoms with E-state index in [1.807, 2.05) is 23.7 Å². The molecule has 0 fully saturated rings. The molecule has 0 bridgehead atoms. The number of thiophene rings is 1. The Morgan fingerprint density at radius 2 is 2.11 bits per heavy atom. The van der Waals surface area contributed by atoms with E-state index in [1.54, 1.807) is 0 Å². The average molecular weight is 260 g/mol. The number of aromatic nitrogens is 1. The molecule has 0 aromatic carbocycles. The van der Waals surface area contributed by atoms with Gasteiger partial charge in [0, 0.05) is 22.1 Å².